The first-order valence-corrected chi connectivity index (χ1v) is 6.67. The van der Waals surface area contributed by atoms with Gasteiger partial charge in [0.2, 0.25) is 0 Å². The van der Waals surface area contributed by atoms with E-state index in [9.17, 15) is 0 Å². The van der Waals surface area contributed by atoms with Crippen molar-refractivity contribution >= 4 is 0 Å². The van der Waals surface area contributed by atoms with Gasteiger partial charge in [-0.25, -0.2) is 0 Å². The van der Waals surface area contributed by atoms with Crippen LogP contribution in [0.15, 0.2) is 47.1 Å². The van der Waals surface area contributed by atoms with E-state index in [1.54, 1.807) is 6.26 Å². The smallest absolute Gasteiger partial charge is 0.120 e. The van der Waals surface area contributed by atoms with Gasteiger partial charge in [-0.05, 0) is 50.6 Å². The van der Waals surface area contributed by atoms with Gasteiger partial charge in [-0.1, -0.05) is 12.1 Å². The van der Waals surface area contributed by atoms with Gasteiger partial charge < -0.3 is 14.5 Å². The largest absolute Gasteiger partial charge is 0.491 e. The number of ether oxygens (including phenoxy) is 1. The number of benzene rings is 1. The molecule has 0 bridgehead atoms. The highest BCUT2D eigenvalue weighted by Gasteiger charge is 2.07. The second-order valence-corrected chi connectivity index (χ2v) is 4.93. The molecule has 1 heterocycles. The van der Waals surface area contributed by atoms with Crippen LogP contribution in [0.25, 0.3) is 0 Å². The van der Waals surface area contributed by atoms with Gasteiger partial charge >= 0.3 is 0 Å². The number of rotatable bonds is 6. The van der Waals surface area contributed by atoms with E-state index >= 15 is 0 Å². The Kier molecular flexibility index (Phi) is 4.63. The number of nitrogens with one attached hydrogen (secondary N) is 1. The van der Waals surface area contributed by atoms with Crippen LogP contribution < -0.4 is 10.1 Å². The maximum atomic E-state index is 5.69. The normalized spacial score (nSPS) is 12.6. The van der Waals surface area contributed by atoms with Gasteiger partial charge in [0.05, 0.1) is 18.4 Å². The summed E-state index contributed by atoms with van der Waals surface area (Å²) in [6.45, 7) is 6.94. The van der Waals surface area contributed by atoms with Crippen LogP contribution in [0.2, 0.25) is 0 Å². The molecule has 2 rings (SSSR count). The summed E-state index contributed by atoms with van der Waals surface area (Å²) in [6.07, 6.45) is 1.90. The third-order valence-corrected chi connectivity index (χ3v) is 2.85. The Morgan fingerprint density at radius 2 is 2.00 bits per heavy atom. The fourth-order valence-electron chi connectivity index (χ4n) is 1.91. The van der Waals surface area contributed by atoms with Gasteiger partial charge in [0.15, 0.2) is 0 Å². The summed E-state index contributed by atoms with van der Waals surface area (Å²) in [6, 6.07) is 12.3. The van der Waals surface area contributed by atoms with Crippen molar-refractivity contribution < 1.29 is 9.15 Å². The fraction of sp³-hybridized carbons (Fsp3) is 0.375. The average molecular weight is 259 g/mol. The molecule has 0 aliphatic heterocycles. The van der Waals surface area contributed by atoms with Crippen molar-refractivity contribution in [1.29, 1.82) is 0 Å². The molecule has 0 aliphatic rings. The first-order chi connectivity index (χ1) is 9.15. The van der Waals surface area contributed by atoms with E-state index in [1.807, 2.05) is 38.1 Å². The van der Waals surface area contributed by atoms with Gasteiger partial charge in [-0.3, -0.25) is 0 Å². The van der Waals surface area contributed by atoms with Crippen molar-refractivity contribution in [2.75, 3.05) is 0 Å². The zero-order valence-corrected chi connectivity index (χ0v) is 11.7. The van der Waals surface area contributed by atoms with E-state index < -0.39 is 0 Å². The third kappa shape index (κ3) is 4.14. The van der Waals surface area contributed by atoms with Crippen LogP contribution in [0.5, 0.6) is 5.75 Å². The molecule has 0 amide bonds. The van der Waals surface area contributed by atoms with Gasteiger partial charge in [0.25, 0.3) is 0 Å². The van der Waals surface area contributed by atoms with Crippen LogP contribution in [0, 0.1) is 0 Å². The summed E-state index contributed by atoms with van der Waals surface area (Å²) in [5, 5.41) is 3.43. The topological polar surface area (TPSA) is 34.4 Å². The molecule has 0 spiro atoms. The average Bonchev–Trinajstić information content (AvgIpc) is 2.89. The van der Waals surface area contributed by atoms with Gasteiger partial charge in [-0.2, -0.15) is 0 Å². The first kappa shape index (κ1) is 13.7. The summed E-state index contributed by atoms with van der Waals surface area (Å²) < 4.78 is 11.1. The van der Waals surface area contributed by atoms with Crippen LogP contribution in [0.1, 0.15) is 38.1 Å². The highest BCUT2D eigenvalue weighted by Crippen LogP contribution is 2.17. The molecule has 3 nitrogen and oxygen atoms in total. The number of hydrogen-bond acceptors (Lipinski definition) is 3. The Balaban J connectivity index is 1.92. The number of hydrogen-bond donors (Lipinski definition) is 1. The fourth-order valence-corrected chi connectivity index (χ4v) is 1.91. The predicted molar refractivity (Wildman–Crippen MR) is 76.2 cm³/mol. The molecule has 1 unspecified atom stereocenters. The second kappa shape index (κ2) is 6.43. The minimum Gasteiger partial charge on any atom is -0.491 e. The molecular weight excluding hydrogens is 238 g/mol. The molecule has 1 atom stereocenters. The monoisotopic (exact) mass is 259 g/mol. The van der Waals surface area contributed by atoms with Crippen molar-refractivity contribution in [3.05, 3.63) is 54.0 Å². The highest BCUT2D eigenvalue weighted by molar-refractivity contribution is 5.28. The molecule has 0 fully saturated rings. The minimum absolute atomic E-state index is 0.199. The standard InChI is InChI=1S/C16H21NO2/c1-12(2)19-15-7-4-6-14(10-15)11-17-13(3)16-8-5-9-18-16/h4-10,12-13,17H,11H2,1-3H3. The van der Waals surface area contributed by atoms with E-state index in [1.165, 1.54) is 5.56 Å². The molecule has 0 saturated carbocycles. The minimum atomic E-state index is 0.199. The molecule has 1 aromatic carbocycles. The predicted octanol–water partition coefficient (Wildman–Crippen LogP) is 3.92. The summed E-state index contributed by atoms with van der Waals surface area (Å²) in [5.74, 6) is 1.87. The van der Waals surface area contributed by atoms with Crippen LogP contribution in [0.4, 0.5) is 0 Å². The Bertz CT molecular complexity index is 491. The van der Waals surface area contributed by atoms with Crippen LogP contribution in [-0.4, -0.2) is 6.10 Å². The number of furan rings is 1. The van der Waals surface area contributed by atoms with Crippen molar-refractivity contribution in [3.8, 4) is 5.75 Å². The van der Waals surface area contributed by atoms with E-state index in [0.717, 1.165) is 18.1 Å². The molecule has 1 N–H and O–H groups in total. The van der Waals surface area contributed by atoms with Crippen molar-refractivity contribution in [1.82, 2.24) is 5.32 Å². The molecule has 3 heteroatoms. The lowest BCUT2D eigenvalue weighted by molar-refractivity contribution is 0.242. The maximum Gasteiger partial charge on any atom is 0.120 e. The molecule has 19 heavy (non-hydrogen) atoms. The summed E-state index contributed by atoms with van der Waals surface area (Å²) >= 11 is 0. The maximum absolute atomic E-state index is 5.69. The quantitative estimate of drug-likeness (QED) is 0.854. The molecule has 102 valence electrons. The Morgan fingerprint density at radius 1 is 1.16 bits per heavy atom. The molecule has 1 aromatic heterocycles. The Labute approximate surface area is 114 Å². The van der Waals surface area contributed by atoms with Crippen LogP contribution >= 0.6 is 0 Å². The van der Waals surface area contributed by atoms with Gasteiger partial charge in [0.1, 0.15) is 11.5 Å². The zero-order valence-electron chi connectivity index (χ0n) is 11.7. The SMILES string of the molecule is CC(C)Oc1cccc(CNC(C)c2ccco2)c1. The van der Waals surface area contributed by atoms with Crippen molar-refractivity contribution in [3.63, 3.8) is 0 Å². The molecule has 0 saturated heterocycles. The first-order valence-electron chi connectivity index (χ1n) is 6.67. The lowest BCUT2D eigenvalue weighted by Crippen LogP contribution is -2.17. The van der Waals surface area contributed by atoms with E-state index in [0.29, 0.717) is 0 Å². The van der Waals surface area contributed by atoms with Crippen molar-refractivity contribution in [2.45, 2.75) is 39.5 Å². The van der Waals surface area contributed by atoms with Gasteiger partial charge in [0, 0.05) is 6.54 Å². The van der Waals surface area contributed by atoms with E-state index in [4.69, 9.17) is 9.15 Å². The Morgan fingerprint density at radius 3 is 2.68 bits per heavy atom. The zero-order chi connectivity index (χ0) is 13.7. The third-order valence-electron chi connectivity index (χ3n) is 2.85. The summed E-state index contributed by atoms with van der Waals surface area (Å²) in [7, 11) is 0. The summed E-state index contributed by atoms with van der Waals surface area (Å²) in [5.41, 5.74) is 1.21. The lowest BCUT2D eigenvalue weighted by atomic mass is 10.2. The summed E-state index contributed by atoms with van der Waals surface area (Å²) in [4.78, 5) is 0. The van der Waals surface area contributed by atoms with E-state index in [-0.39, 0.29) is 12.1 Å². The molecular formula is C16H21NO2. The van der Waals surface area contributed by atoms with Crippen LogP contribution in [-0.2, 0) is 6.54 Å². The molecule has 0 radical (unpaired) electrons. The Hall–Kier alpha value is -1.74. The molecule has 0 aliphatic carbocycles. The lowest BCUT2D eigenvalue weighted by Gasteiger charge is -2.13. The van der Waals surface area contributed by atoms with E-state index in [2.05, 4.69) is 24.4 Å². The second-order valence-electron chi connectivity index (χ2n) is 4.93. The highest BCUT2D eigenvalue weighted by atomic mass is 16.5. The van der Waals surface area contributed by atoms with Crippen molar-refractivity contribution in [2.24, 2.45) is 0 Å². The van der Waals surface area contributed by atoms with Crippen LogP contribution in [0.3, 0.4) is 0 Å². The molecule has 2 aromatic rings. The van der Waals surface area contributed by atoms with Gasteiger partial charge in [-0.15, -0.1) is 0 Å².